The highest BCUT2D eigenvalue weighted by atomic mass is 15.1. The van der Waals surface area contributed by atoms with Gasteiger partial charge in [-0.1, -0.05) is 6.07 Å². The second-order valence-electron chi connectivity index (χ2n) is 6.44. The lowest BCUT2D eigenvalue weighted by atomic mass is 9.69. The average Bonchev–Trinajstić information content (AvgIpc) is 2.56. The molecule has 0 N–H and O–H groups in total. The zero-order valence-electron chi connectivity index (χ0n) is 12.3. The SMILES string of the molecule is c1cncc(-c2ccc(C34CCCN(CCC3)C4)cn2)c1. The fraction of sp³-hybridized carbons (Fsp3) is 0.444. The lowest BCUT2D eigenvalue weighted by Gasteiger charge is -2.47. The smallest absolute Gasteiger partial charge is 0.0717 e. The predicted molar refractivity (Wildman–Crippen MR) is 84.1 cm³/mol. The third-order valence-electron chi connectivity index (χ3n) is 5.12. The third kappa shape index (κ3) is 2.36. The van der Waals surface area contributed by atoms with Gasteiger partial charge < -0.3 is 4.90 Å². The minimum absolute atomic E-state index is 0.358. The number of hydrogen-bond acceptors (Lipinski definition) is 3. The summed E-state index contributed by atoms with van der Waals surface area (Å²) in [6.07, 6.45) is 11.1. The van der Waals surface area contributed by atoms with Crippen LogP contribution in [0.1, 0.15) is 31.2 Å². The zero-order valence-corrected chi connectivity index (χ0v) is 12.3. The molecule has 0 saturated carbocycles. The molecule has 0 amide bonds. The van der Waals surface area contributed by atoms with Crippen molar-refractivity contribution in [1.29, 1.82) is 0 Å². The lowest BCUT2D eigenvalue weighted by Crippen LogP contribution is -2.50. The fourth-order valence-corrected chi connectivity index (χ4v) is 4.04. The predicted octanol–water partition coefficient (Wildman–Crippen LogP) is 3.27. The number of nitrogens with zero attached hydrogens (tertiary/aromatic N) is 3. The Balaban J connectivity index is 1.64. The topological polar surface area (TPSA) is 29.0 Å². The van der Waals surface area contributed by atoms with Crippen LogP contribution in [-0.2, 0) is 5.41 Å². The highest BCUT2D eigenvalue weighted by Gasteiger charge is 2.39. The van der Waals surface area contributed by atoms with E-state index in [0.717, 1.165) is 11.3 Å². The summed E-state index contributed by atoms with van der Waals surface area (Å²) >= 11 is 0. The maximum Gasteiger partial charge on any atom is 0.0717 e. The molecule has 0 radical (unpaired) electrons. The van der Waals surface area contributed by atoms with Crippen LogP contribution >= 0.6 is 0 Å². The van der Waals surface area contributed by atoms with Crippen LogP contribution in [0, 0.1) is 0 Å². The first-order valence-corrected chi connectivity index (χ1v) is 7.95. The Morgan fingerprint density at radius 1 is 1.00 bits per heavy atom. The molecule has 21 heavy (non-hydrogen) atoms. The summed E-state index contributed by atoms with van der Waals surface area (Å²) in [5, 5.41) is 0. The van der Waals surface area contributed by atoms with Crippen molar-refractivity contribution in [3.8, 4) is 11.3 Å². The standard InChI is InChI=1S/C18H21N3/c1-4-15(12-19-9-1)17-6-5-16(13-20-17)18-7-2-10-21(14-18)11-3-8-18/h1,4-6,9,12-13H,2-3,7-8,10-11,14H2. The van der Waals surface area contributed by atoms with Crippen LogP contribution in [0.2, 0.25) is 0 Å². The van der Waals surface area contributed by atoms with Crippen LogP contribution in [0.3, 0.4) is 0 Å². The molecule has 2 aromatic rings. The van der Waals surface area contributed by atoms with Gasteiger partial charge in [-0.25, -0.2) is 0 Å². The molecule has 2 aliphatic heterocycles. The van der Waals surface area contributed by atoms with Gasteiger partial charge in [0, 0.05) is 36.1 Å². The van der Waals surface area contributed by atoms with E-state index in [-0.39, 0.29) is 0 Å². The van der Waals surface area contributed by atoms with Crippen molar-refractivity contribution in [1.82, 2.24) is 14.9 Å². The summed E-state index contributed by atoms with van der Waals surface area (Å²) in [6.45, 7) is 3.78. The van der Waals surface area contributed by atoms with Gasteiger partial charge in [0.2, 0.25) is 0 Å². The molecule has 4 heterocycles. The van der Waals surface area contributed by atoms with Crippen molar-refractivity contribution >= 4 is 0 Å². The van der Waals surface area contributed by atoms with Crippen molar-refractivity contribution in [2.24, 2.45) is 0 Å². The first kappa shape index (κ1) is 13.0. The zero-order chi connectivity index (χ0) is 14.1. The van der Waals surface area contributed by atoms with E-state index >= 15 is 0 Å². The molecule has 3 nitrogen and oxygen atoms in total. The second kappa shape index (κ2) is 5.23. The molecule has 2 bridgehead atoms. The van der Waals surface area contributed by atoms with E-state index in [0.29, 0.717) is 5.41 Å². The molecular weight excluding hydrogens is 258 g/mol. The van der Waals surface area contributed by atoms with Crippen molar-refractivity contribution in [3.05, 3.63) is 48.4 Å². The van der Waals surface area contributed by atoms with Gasteiger partial charge in [0.1, 0.15) is 0 Å². The van der Waals surface area contributed by atoms with Crippen LogP contribution in [-0.4, -0.2) is 34.5 Å². The van der Waals surface area contributed by atoms with Gasteiger partial charge in [0.05, 0.1) is 5.69 Å². The summed E-state index contributed by atoms with van der Waals surface area (Å²) in [5.74, 6) is 0. The van der Waals surface area contributed by atoms with E-state index < -0.39 is 0 Å². The summed E-state index contributed by atoms with van der Waals surface area (Å²) in [6, 6.07) is 8.48. The Hall–Kier alpha value is -1.74. The summed E-state index contributed by atoms with van der Waals surface area (Å²) < 4.78 is 0. The van der Waals surface area contributed by atoms with Crippen LogP contribution < -0.4 is 0 Å². The van der Waals surface area contributed by atoms with Gasteiger partial charge in [-0.05, 0) is 62.5 Å². The summed E-state index contributed by atoms with van der Waals surface area (Å²) in [7, 11) is 0. The molecular formula is C18H21N3. The van der Waals surface area contributed by atoms with Gasteiger partial charge in [0.15, 0.2) is 0 Å². The normalized spacial score (nSPS) is 28.3. The molecule has 0 aromatic carbocycles. The van der Waals surface area contributed by atoms with Crippen molar-refractivity contribution in [2.75, 3.05) is 19.6 Å². The number of fused-ring (bicyclic) bond motifs is 2. The van der Waals surface area contributed by atoms with Crippen LogP contribution in [0.25, 0.3) is 11.3 Å². The number of pyridine rings is 2. The third-order valence-corrected chi connectivity index (χ3v) is 5.12. The van der Waals surface area contributed by atoms with E-state index in [2.05, 4.69) is 34.3 Å². The Bertz CT molecular complexity index is 596. The molecule has 3 heteroatoms. The molecule has 2 fully saturated rings. The van der Waals surface area contributed by atoms with E-state index in [1.807, 2.05) is 12.3 Å². The van der Waals surface area contributed by atoms with Gasteiger partial charge in [-0.3, -0.25) is 9.97 Å². The van der Waals surface area contributed by atoms with Gasteiger partial charge >= 0.3 is 0 Å². The molecule has 2 saturated heterocycles. The Morgan fingerprint density at radius 3 is 2.52 bits per heavy atom. The number of hydrogen-bond donors (Lipinski definition) is 0. The Morgan fingerprint density at radius 2 is 1.86 bits per heavy atom. The molecule has 4 rings (SSSR count). The number of rotatable bonds is 2. The molecule has 0 atom stereocenters. The van der Waals surface area contributed by atoms with Crippen molar-refractivity contribution < 1.29 is 0 Å². The Labute approximate surface area is 126 Å². The lowest BCUT2D eigenvalue weighted by molar-refractivity contribution is 0.0941. The van der Waals surface area contributed by atoms with Crippen molar-refractivity contribution in [2.45, 2.75) is 31.1 Å². The minimum atomic E-state index is 0.358. The van der Waals surface area contributed by atoms with Crippen LogP contribution in [0.5, 0.6) is 0 Å². The van der Waals surface area contributed by atoms with Gasteiger partial charge in [0.25, 0.3) is 0 Å². The highest BCUT2D eigenvalue weighted by molar-refractivity contribution is 5.57. The number of piperidine rings is 2. The monoisotopic (exact) mass is 279 g/mol. The van der Waals surface area contributed by atoms with Crippen LogP contribution in [0.4, 0.5) is 0 Å². The first-order valence-electron chi connectivity index (χ1n) is 7.95. The average molecular weight is 279 g/mol. The summed E-state index contributed by atoms with van der Waals surface area (Å²) in [4.78, 5) is 11.5. The second-order valence-corrected chi connectivity index (χ2v) is 6.44. The fourth-order valence-electron chi connectivity index (χ4n) is 4.04. The van der Waals surface area contributed by atoms with E-state index in [9.17, 15) is 0 Å². The van der Waals surface area contributed by atoms with Crippen LogP contribution in [0.15, 0.2) is 42.9 Å². The maximum absolute atomic E-state index is 4.71. The molecule has 2 aromatic heterocycles. The molecule has 0 aliphatic carbocycles. The summed E-state index contributed by atoms with van der Waals surface area (Å²) in [5.41, 5.74) is 3.90. The molecule has 108 valence electrons. The van der Waals surface area contributed by atoms with E-state index in [1.54, 1.807) is 6.20 Å². The Kier molecular flexibility index (Phi) is 3.23. The van der Waals surface area contributed by atoms with Gasteiger partial charge in [-0.2, -0.15) is 0 Å². The first-order chi connectivity index (χ1) is 10.4. The quantitative estimate of drug-likeness (QED) is 0.845. The molecule has 0 unspecified atom stereocenters. The maximum atomic E-state index is 4.71. The minimum Gasteiger partial charge on any atom is -0.302 e. The van der Waals surface area contributed by atoms with Gasteiger partial charge in [-0.15, -0.1) is 0 Å². The van der Waals surface area contributed by atoms with E-state index in [1.165, 1.54) is 50.9 Å². The highest BCUT2D eigenvalue weighted by Crippen LogP contribution is 2.41. The molecule has 2 aliphatic rings. The molecule has 0 spiro atoms. The number of aromatic nitrogens is 2. The largest absolute Gasteiger partial charge is 0.302 e. The van der Waals surface area contributed by atoms with Crippen molar-refractivity contribution in [3.63, 3.8) is 0 Å². The van der Waals surface area contributed by atoms with E-state index in [4.69, 9.17) is 4.98 Å².